The fraction of sp³-hybridized carbons (Fsp3) is 0.438. The average Bonchev–Trinajstić information content (AvgIpc) is 3.37. The van der Waals surface area contributed by atoms with Crippen molar-refractivity contribution in [2.45, 2.75) is 19.3 Å². The second-order valence-corrected chi connectivity index (χ2v) is 7.37. The third-order valence-corrected chi connectivity index (χ3v) is 5.52. The zero-order chi connectivity index (χ0) is 18.1. The first-order valence-corrected chi connectivity index (χ1v) is 9.35. The third kappa shape index (κ3) is 3.19. The maximum Gasteiger partial charge on any atom is 0.348 e. The molecule has 3 aromatic heterocycles. The molecule has 0 aromatic carbocycles. The molecule has 0 bridgehead atoms. The lowest BCUT2D eigenvalue weighted by molar-refractivity contribution is 0.0683. The molecule has 136 valence electrons. The van der Waals surface area contributed by atoms with E-state index < -0.39 is 0 Å². The van der Waals surface area contributed by atoms with Crippen LogP contribution in [0.1, 0.15) is 29.2 Å². The van der Waals surface area contributed by atoms with Crippen molar-refractivity contribution in [3.8, 4) is 5.00 Å². The minimum absolute atomic E-state index is 0.0770. The molecule has 0 unspecified atom stereocenters. The second kappa shape index (κ2) is 6.87. The predicted molar refractivity (Wildman–Crippen MR) is 95.4 cm³/mol. The Morgan fingerprint density at radius 1 is 1.38 bits per heavy atom. The van der Waals surface area contributed by atoms with Crippen LogP contribution in [-0.2, 0) is 13.5 Å². The van der Waals surface area contributed by atoms with Gasteiger partial charge in [-0.1, -0.05) is 5.21 Å². The van der Waals surface area contributed by atoms with Gasteiger partial charge in [0, 0.05) is 26.6 Å². The molecule has 1 saturated heterocycles. The molecule has 0 radical (unpaired) electrons. The van der Waals surface area contributed by atoms with Gasteiger partial charge in [0.2, 0.25) is 0 Å². The van der Waals surface area contributed by atoms with E-state index in [1.807, 2.05) is 22.4 Å². The van der Waals surface area contributed by atoms with Gasteiger partial charge in [0.25, 0.3) is 5.91 Å². The number of carbonyl (C=O) groups is 1. The van der Waals surface area contributed by atoms with Crippen LogP contribution in [0.5, 0.6) is 0 Å². The Kier molecular flexibility index (Phi) is 4.41. The van der Waals surface area contributed by atoms with E-state index in [0.29, 0.717) is 31.1 Å². The van der Waals surface area contributed by atoms with E-state index in [9.17, 15) is 9.59 Å². The Morgan fingerprint density at radius 3 is 2.85 bits per heavy atom. The van der Waals surface area contributed by atoms with Crippen LogP contribution >= 0.6 is 11.3 Å². The Labute approximate surface area is 153 Å². The van der Waals surface area contributed by atoms with E-state index in [1.54, 1.807) is 17.8 Å². The maximum atomic E-state index is 12.4. The summed E-state index contributed by atoms with van der Waals surface area (Å²) in [7, 11) is 1.74. The van der Waals surface area contributed by atoms with Crippen LogP contribution < -0.4 is 5.69 Å². The van der Waals surface area contributed by atoms with Gasteiger partial charge in [0.1, 0.15) is 10.8 Å². The number of rotatable bonds is 4. The highest BCUT2D eigenvalue weighted by Gasteiger charge is 2.26. The Bertz CT molecular complexity index is 948. The fourth-order valence-corrected chi connectivity index (χ4v) is 4.04. The quantitative estimate of drug-likeness (QED) is 0.730. The van der Waals surface area contributed by atoms with E-state index >= 15 is 0 Å². The molecule has 9 nitrogen and oxygen atoms in total. The van der Waals surface area contributed by atoms with Gasteiger partial charge in [-0.3, -0.25) is 9.48 Å². The smallest absolute Gasteiger partial charge is 0.337 e. The highest BCUT2D eigenvalue weighted by Crippen LogP contribution is 2.23. The summed E-state index contributed by atoms with van der Waals surface area (Å²) in [5.74, 6) is 1.05. The number of nitrogens with zero attached hydrogens (tertiary/aromatic N) is 6. The number of hydrogen-bond acceptors (Lipinski definition) is 6. The molecule has 1 aliphatic heterocycles. The summed E-state index contributed by atoms with van der Waals surface area (Å²) in [5.41, 5.74) is 0.169. The van der Waals surface area contributed by atoms with Gasteiger partial charge in [-0.25, -0.2) is 14.5 Å². The van der Waals surface area contributed by atoms with Gasteiger partial charge >= 0.3 is 5.69 Å². The largest absolute Gasteiger partial charge is 0.348 e. The fourth-order valence-electron chi connectivity index (χ4n) is 3.30. The molecule has 0 aliphatic carbocycles. The molecule has 1 N–H and O–H groups in total. The second-order valence-electron chi connectivity index (χ2n) is 6.45. The van der Waals surface area contributed by atoms with Crippen molar-refractivity contribution in [2.75, 3.05) is 13.1 Å². The van der Waals surface area contributed by atoms with Gasteiger partial charge in [0.15, 0.2) is 5.69 Å². The van der Waals surface area contributed by atoms with Crippen LogP contribution in [0, 0.1) is 5.92 Å². The molecule has 1 amide bonds. The number of H-pyrrole nitrogens is 1. The van der Waals surface area contributed by atoms with E-state index in [1.165, 1.54) is 16.0 Å². The highest BCUT2D eigenvalue weighted by atomic mass is 32.1. The number of hydrogen-bond donors (Lipinski definition) is 1. The molecule has 0 spiro atoms. The molecule has 1 fully saturated rings. The van der Waals surface area contributed by atoms with Crippen molar-refractivity contribution in [1.29, 1.82) is 0 Å². The zero-order valence-corrected chi connectivity index (χ0v) is 15.1. The summed E-state index contributed by atoms with van der Waals surface area (Å²) in [6.07, 6.45) is 4.09. The van der Waals surface area contributed by atoms with Crippen LogP contribution in [0.3, 0.4) is 0 Å². The van der Waals surface area contributed by atoms with Crippen LogP contribution in [0.25, 0.3) is 5.00 Å². The summed E-state index contributed by atoms with van der Waals surface area (Å²) < 4.78 is 3.17. The number of thiophene rings is 1. The SMILES string of the molecule is Cn1cc(C(=O)N2CCC(Cc3n[nH]c(=O)n3-c3cccs3)CC2)nn1. The van der Waals surface area contributed by atoms with Gasteiger partial charge < -0.3 is 4.90 Å². The summed E-state index contributed by atoms with van der Waals surface area (Å²) in [6.45, 7) is 1.35. The number of piperidine rings is 1. The summed E-state index contributed by atoms with van der Waals surface area (Å²) in [6, 6.07) is 3.83. The minimum Gasteiger partial charge on any atom is -0.337 e. The molecular formula is C16H19N7O2S. The first-order chi connectivity index (χ1) is 12.6. The van der Waals surface area contributed by atoms with Crippen LogP contribution in [0.2, 0.25) is 0 Å². The van der Waals surface area contributed by atoms with Gasteiger partial charge in [-0.15, -0.1) is 16.4 Å². The van der Waals surface area contributed by atoms with Crippen LogP contribution in [0.4, 0.5) is 0 Å². The van der Waals surface area contributed by atoms with Crippen LogP contribution in [-0.4, -0.2) is 53.7 Å². The molecule has 3 aromatic rings. The minimum atomic E-state index is -0.210. The van der Waals surface area contributed by atoms with Crippen molar-refractivity contribution in [3.63, 3.8) is 0 Å². The molecule has 1 aliphatic rings. The molecule has 10 heteroatoms. The summed E-state index contributed by atoms with van der Waals surface area (Å²) in [4.78, 5) is 26.3. The number of aromatic nitrogens is 6. The Morgan fingerprint density at radius 2 is 2.19 bits per heavy atom. The summed E-state index contributed by atoms with van der Waals surface area (Å²) in [5, 5.41) is 17.3. The van der Waals surface area contributed by atoms with Crippen molar-refractivity contribution >= 4 is 17.2 Å². The number of aromatic amines is 1. The number of aryl methyl sites for hydroxylation is 1. The van der Waals surface area contributed by atoms with E-state index in [-0.39, 0.29) is 11.6 Å². The van der Waals surface area contributed by atoms with E-state index in [0.717, 1.165) is 23.7 Å². The molecule has 26 heavy (non-hydrogen) atoms. The summed E-state index contributed by atoms with van der Waals surface area (Å²) >= 11 is 1.51. The zero-order valence-electron chi connectivity index (χ0n) is 14.3. The van der Waals surface area contributed by atoms with Crippen molar-refractivity contribution in [1.82, 2.24) is 34.7 Å². The normalized spacial score (nSPS) is 15.5. The van der Waals surface area contributed by atoms with Gasteiger partial charge in [-0.05, 0) is 36.3 Å². The average molecular weight is 373 g/mol. The highest BCUT2D eigenvalue weighted by molar-refractivity contribution is 7.12. The van der Waals surface area contributed by atoms with Gasteiger partial charge in [0.05, 0.1) is 6.20 Å². The Hall–Kier alpha value is -2.75. The van der Waals surface area contributed by atoms with Gasteiger partial charge in [-0.2, -0.15) is 5.10 Å². The van der Waals surface area contributed by atoms with Crippen LogP contribution in [0.15, 0.2) is 28.5 Å². The van der Waals surface area contributed by atoms with Crippen molar-refractivity contribution in [2.24, 2.45) is 13.0 Å². The third-order valence-electron chi connectivity index (χ3n) is 4.66. The Balaban J connectivity index is 1.41. The monoisotopic (exact) mass is 373 g/mol. The number of carbonyl (C=O) groups excluding carboxylic acids is 1. The molecular weight excluding hydrogens is 354 g/mol. The maximum absolute atomic E-state index is 12.4. The van der Waals surface area contributed by atoms with Crippen molar-refractivity contribution in [3.05, 3.63) is 45.7 Å². The molecule has 0 saturated carbocycles. The number of amides is 1. The lowest BCUT2D eigenvalue weighted by Gasteiger charge is -2.31. The van der Waals surface area contributed by atoms with E-state index in [4.69, 9.17) is 0 Å². The first kappa shape index (κ1) is 16.7. The van der Waals surface area contributed by atoms with E-state index in [2.05, 4.69) is 20.5 Å². The number of nitrogens with one attached hydrogen (secondary N) is 1. The lowest BCUT2D eigenvalue weighted by Crippen LogP contribution is -2.39. The van der Waals surface area contributed by atoms with Crippen molar-refractivity contribution < 1.29 is 4.79 Å². The predicted octanol–water partition coefficient (Wildman–Crippen LogP) is 0.845. The standard InChI is InChI=1S/C16H19N7O2S/c1-21-10-12(17-20-21)15(24)22-6-4-11(5-7-22)9-13-18-19-16(25)23(13)14-3-2-8-26-14/h2-3,8,10-11H,4-7,9H2,1H3,(H,19,25). The topological polar surface area (TPSA) is 102 Å². The number of likely N-dealkylation sites (tertiary alicyclic amines) is 1. The molecule has 4 rings (SSSR count). The lowest BCUT2D eigenvalue weighted by atomic mass is 9.93. The molecule has 4 heterocycles. The first-order valence-electron chi connectivity index (χ1n) is 8.47. The molecule has 0 atom stereocenters.